The number of hydrogen-bond donors (Lipinski definition) is 1. The number of carboxylic acids is 1. The molecule has 0 aromatic heterocycles. The number of rotatable bonds is 8. The second-order valence-corrected chi connectivity index (χ2v) is 6.16. The Bertz CT molecular complexity index is 273. The monoisotopic (exact) mass is 299 g/mol. The van der Waals surface area contributed by atoms with Crippen LogP contribution in [0.2, 0.25) is 0 Å². The molecule has 0 radical (unpaired) electrons. The molecule has 1 N–H and O–H groups in total. The summed E-state index contributed by atoms with van der Waals surface area (Å²) in [7, 11) is 0. The molecule has 21 heavy (non-hydrogen) atoms. The lowest BCUT2D eigenvalue weighted by atomic mass is 9.83. The van der Waals surface area contributed by atoms with Crippen LogP contribution in [0.25, 0.3) is 0 Å². The van der Waals surface area contributed by atoms with Gasteiger partial charge in [-0.1, -0.05) is 46.5 Å². The summed E-state index contributed by atoms with van der Waals surface area (Å²) in [5.74, 6) is -0.0369. The first-order valence-electron chi connectivity index (χ1n) is 8.47. The normalized spacial score (nSPS) is 21.1. The lowest BCUT2D eigenvalue weighted by Crippen LogP contribution is -2.24. The van der Waals surface area contributed by atoms with E-state index in [1.165, 1.54) is 6.42 Å². The molecule has 0 aromatic carbocycles. The summed E-state index contributed by atoms with van der Waals surface area (Å²) in [6.45, 7) is 8.28. The minimum absolute atomic E-state index is 0.0521. The first-order valence-corrected chi connectivity index (χ1v) is 8.47. The van der Waals surface area contributed by atoms with E-state index in [0.717, 1.165) is 64.4 Å². The second kappa shape index (κ2) is 12.7. The molecular weight excluding hydrogens is 266 g/mol. The highest BCUT2D eigenvalue weighted by atomic mass is 16.4. The zero-order chi connectivity index (χ0) is 16.1. The van der Waals surface area contributed by atoms with E-state index in [0.29, 0.717) is 5.92 Å². The van der Waals surface area contributed by atoms with Crippen molar-refractivity contribution in [2.45, 2.75) is 72.1 Å². The van der Waals surface area contributed by atoms with Crippen LogP contribution in [0.15, 0.2) is 0 Å². The van der Waals surface area contributed by atoms with E-state index in [1.807, 2.05) is 4.90 Å². The molecule has 1 fully saturated rings. The van der Waals surface area contributed by atoms with Crippen molar-refractivity contribution in [3.05, 3.63) is 0 Å². The Balaban J connectivity index is 0.000000382. The van der Waals surface area contributed by atoms with E-state index < -0.39 is 5.97 Å². The molecule has 0 saturated heterocycles. The Morgan fingerprint density at radius 3 is 2.10 bits per heavy atom. The van der Waals surface area contributed by atoms with Crippen LogP contribution >= 0.6 is 0 Å². The van der Waals surface area contributed by atoms with E-state index in [4.69, 9.17) is 5.11 Å². The molecule has 1 amide bonds. The fourth-order valence-electron chi connectivity index (χ4n) is 2.60. The summed E-state index contributed by atoms with van der Waals surface area (Å²) in [6, 6.07) is 0. The Hall–Kier alpha value is -1.06. The van der Waals surface area contributed by atoms with E-state index in [2.05, 4.69) is 20.8 Å². The fraction of sp³-hybridized carbons (Fsp3) is 0.882. The summed E-state index contributed by atoms with van der Waals surface area (Å²) in [4.78, 5) is 22.8. The van der Waals surface area contributed by atoms with E-state index >= 15 is 0 Å². The molecule has 0 aromatic rings. The van der Waals surface area contributed by atoms with Crippen molar-refractivity contribution in [3.8, 4) is 0 Å². The summed E-state index contributed by atoms with van der Waals surface area (Å²) in [5.41, 5.74) is 0. The van der Waals surface area contributed by atoms with Gasteiger partial charge in [-0.3, -0.25) is 9.59 Å². The van der Waals surface area contributed by atoms with Crippen molar-refractivity contribution in [3.63, 3.8) is 0 Å². The predicted molar refractivity (Wildman–Crippen MR) is 86.2 cm³/mol. The number of nitrogens with zero attached hydrogens (tertiary/aromatic N) is 1. The topological polar surface area (TPSA) is 57.6 Å². The van der Waals surface area contributed by atoms with Crippen LogP contribution in [-0.4, -0.2) is 35.5 Å². The summed E-state index contributed by atoms with van der Waals surface area (Å²) < 4.78 is 0. The predicted octanol–water partition coefficient (Wildman–Crippen LogP) is 3.94. The van der Waals surface area contributed by atoms with Crippen molar-refractivity contribution < 1.29 is 14.7 Å². The molecule has 1 saturated carbocycles. The van der Waals surface area contributed by atoms with Gasteiger partial charge < -0.3 is 10.0 Å². The van der Waals surface area contributed by atoms with Crippen LogP contribution in [0.3, 0.4) is 0 Å². The van der Waals surface area contributed by atoms with E-state index in [9.17, 15) is 9.59 Å². The number of hydrogen-bond acceptors (Lipinski definition) is 2. The van der Waals surface area contributed by atoms with Gasteiger partial charge >= 0.3 is 5.97 Å². The molecule has 0 spiro atoms. The molecule has 4 heteroatoms. The third-order valence-corrected chi connectivity index (χ3v) is 4.03. The maximum Gasteiger partial charge on any atom is 0.306 e. The van der Waals surface area contributed by atoms with Gasteiger partial charge in [-0.2, -0.15) is 0 Å². The van der Waals surface area contributed by atoms with Gasteiger partial charge in [-0.05, 0) is 31.6 Å². The number of carbonyl (C=O) groups is 2. The number of aliphatic carboxylic acids is 1. The molecule has 2 atom stereocenters. The standard InChI is InChI=1S/C9H19NO.C8H14O2/c1-3-5-7-10(9-11)8-6-4-2;1-6-3-2-4-7(5-6)8(9)10/h9H,3-8H2,1-2H3;6-7H,2-5H2,1H3,(H,9,10). The van der Waals surface area contributed by atoms with Gasteiger partial charge in [-0.15, -0.1) is 0 Å². The van der Waals surface area contributed by atoms with E-state index in [-0.39, 0.29) is 5.92 Å². The Morgan fingerprint density at radius 1 is 1.19 bits per heavy atom. The first kappa shape index (κ1) is 19.9. The molecule has 0 aliphatic heterocycles. The third-order valence-electron chi connectivity index (χ3n) is 4.03. The zero-order valence-electron chi connectivity index (χ0n) is 14.0. The minimum atomic E-state index is -0.605. The highest BCUT2D eigenvalue weighted by Crippen LogP contribution is 2.28. The van der Waals surface area contributed by atoms with Gasteiger partial charge in [0.1, 0.15) is 0 Å². The van der Waals surface area contributed by atoms with Crippen LogP contribution in [0, 0.1) is 11.8 Å². The van der Waals surface area contributed by atoms with E-state index in [1.54, 1.807) is 0 Å². The highest BCUT2D eigenvalue weighted by molar-refractivity contribution is 5.70. The highest BCUT2D eigenvalue weighted by Gasteiger charge is 2.23. The summed E-state index contributed by atoms with van der Waals surface area (Å²) >= 11 is 0. The molecule has 2 unspecified atom stereocenters. The maximum absolute atomic E-state index is 10.5. The molecule has 4 nitrogen and oxygen atoms in total. The van der Waals surface area contributed by atoms with Gasteiger partial charge in [0.25, 0.3) is 0 Å². The summed E-state index contributed by atoms with van der Waals surface area (Å²) in [5, 5.41) is 8.66. The van der Waals surface area contributed by atoms with Crippen LogP contribution in [-0.2, 0) is 9.59 Å². The average molecular weight is 299 g/mol. The molecule has 0 heterocycles. The number of unbranched alkanes of at least 4 members (excludes halogenated alkanes) is 2. The smallest absolute Gasteiger partial charge is 0.306 e. The molecule has 1 aliphatic carbocycles. The number of amides is 1. The largest absolute Gasteiger partial charge is 0.481 e. The molecule has 124 valence electrons. The van der Waals surface area contributed by atoms with Gasteiger partial charge in [-0.25, -0.2) is 0 Å². The zero-order valence-corrected chi connectivity index (χ0v) is 14.0. The summed E-state index contributed by atoms with van der Waals surface area (Å²) in [6.07, 6.45) is 9.63. The van der Waals surface area contributed by atoms with Crippen molar-refractivity contribution in [1.29, 1.82) is 0 Å². The Kier molecular flexibility index (Phi) is 12.0. The van der Waals surface area contributed by atoms with Gasteiger partial charge in [0.15, 0.2) is 0 Å². The van der Waals surface area contributed by atoms with Gasteiger partial charge in [0, 0.05) is 13.1 Å². The second-order valence-electron chi connectivity index (χ2n) is 6.16. The van der Waals surface area contributed by atoms with Crippen molar-refractivity contribution >= 4 is 12.4 Å². The maximum atomic E-state index is 10.5. The van der Waals surface area contributed by atoms with Gasteiger partial charge in [0.2, 0.25) is 6.41 Å². The van der Waals surface area contributed by atoms with Crippen LogP contribution in [0.1, 0.15) is 72.1 Å². The minimum Gasteiger partial charge on any atom is -0.481 e. The fourth-order valence-corrected chi connectivity index (χ4v) is 2.60. The lowest BCUT2D eigenvalue weighted by Gasteiger charge is -2.22. The van der Waals surface area contributed by atoms with Crippen LogP contribution in [0.5, 0.6) is 0 Å². The molecule has 0 bridgehead atoms. The van der Waals surface area contributed by atoms with Crippen molar-refractivity contribution in [1.82, 2.24) is 4.90 Å². The van der Waals surface area contributed by atoms with Crippen molar-refractivity contribution in [2.75, 3.05) is 13.1 Å². The van der Waals surface area contributed by atoms with Crippen LogP contribution < -0.4 is 0 Å². The number of carbonyl (C=O) groups excluding carboxylic acids is 1. The Labute approximate surface area is 129 Å². The third kappa shape index (κ3) is 10.3. The van der Waals surface area contributed by atoms with Crippen molar-refractivity contribution in [2.24, 2.45) is 11.8 Å². The van der Waals surface area contributed by atoms with Crippen LogP contribution in [0.4, 0.5) is 0 Å². The number of carboxylic acid groups (broad SMARTS) is 1. The lowest BCUT2D eigenvalue weighted by molar-refractivity contribution is -0.143. The Morgan fingerprint density at radius 2 is 1.76 bits per heavy atom. The first-order chi connectivity index (χ1) is 10.0. The molecular formula is C17H33NO3. The average Bonchev–Trinajstić information content (AvgIpc) is 2.48. The molecule has 1 rings (SSSR count). The van der Waals surface area contributed by atoms with Gasteiger partial charge in [0.05, 0.1) is 5.92 Å². The SMILES string of the molecule is CC1CCCC(C(=O)O)C1.CCCCN(C=O)CCCC. The quantitative estimate of drug-likeness (QED) is 0.691. The molecule has 1 aliphatic rings.